The van der Waals surface area contributed by atoms with E-state index in [4.69, 9.17) is 13.7 Å². The maximum Gasteiger partial charge on any atom is 0.326 e. The molecule has 0 aliphatic rings. The first-order valence-electron chi connectivity index (χ1n) is 9.54. The summed E-state index contributed by atoms with van der Waals surface area (Å²) in [6, 6.07) is 7.61. The average molecular weight is 404 g/mol. The van der Waals surface area contributed by atoms with Gasteiger partial charge < -0.3 is 18.7 Å². The highest BCUT2D eigenvalue weighted by Crippen LogP contribution is 2.38. The molecule has 1 N–H and O–H groups in total. The third-order valence-corrected chi connectivity index (χ3v) is 5.33. The van der Waals surface area contributed by atoms with Crippen LogP contribution in [0, 0.1) is 20.8 Å². The molecule has 5 aromatic rings. The minimum absolute atomic E-state index is 0.220. The van der Waals surface area contributed by atoms with Gasteiger partial charge >= 0.3 is 5.69 Å². The molecule has 0 bridgehead atoms. The second-order valence-corrected chi connectivity index (χ2v) is 7.32. The van der Waals surface area contributed by atoms with Crippen LogP contribution in [0.25, 0.3) is 33.1 Å². The Balaban J connectivity index is 1.78. The van der Waals surface area contributed by atoms with Crippen molar-refractivity contribution in [1.29, 1.82) is 0 Å². The average Bonchev–Trinajstić information content (AvgIpc) is 3.38. The van der Waals surface area contributed by atoms with Gasteiger partial charge in [0, 0.05) is 10.9 Å². The van der Waals surface area contributed by atoms with Crippen LogP contribution in [0.2, 0.25) is 0 Å². The number of nitrogens with zero attached hydrogens (tertiary/aromatic N) is 3. The Labute approximate surface area is 171 Å². The number of furan rings is 1. The lowest BCUT2D eigenvalue weighted by atomic mass is 10.0. The van der Waals surface area contributed by atoms with Crippen molar-refractivity contribution in [3.8, 4) is 16.9 Å². The summed E-state index contributed by atoms with van der Waals surface area (Å²) in [4.78, 5) is 20.1. The maximum absolute atomic E-state index is 12.7. The first kappa shape index (κ1) is 18.2. The highest BCUT2D eigenvalue weighted by Gasteiger charge is 2.20. The number of benzene rings is 1. The van der Waals surface area contributed by atoms with Crippen molar-refractivity contribution in [2.45, 2.75) is 27.3 Å². The zero-order chi connectivity index (χ0) is 21.0. The number of hydrogen-bond acceptors (Lipinski definition) is 6. The Kier molecular flexibility index (Phi) is 4.02. The molecule has 0 saturated heterocycles. The van der Waals surface area contributed by atoms with Gasteiger partial charge in [0.25, 0.3) is 0 Å². The lowest BCUT2D eigenvalue weighted by Gasteiger charge is -2.11. The monoisotopic (exact) mass is 404 g/mol. The number of H-pyrrole nitrogens is 1. The van der Waals surface area contributed by atoms with Crippen LogP contribution < -0.4 is 10.4 Å². The Bertz CT molecular complexity index is 1450. The normalized spacial score (nSPS) is 11.6. The van der Waals surface area contributed by atoms with Gasteiger partial charge in [0.1, 0.15) is 23.0 Å². The van der Waals surface area contributed by atoms with Crippen LogP contribution in [-0.2, 0) is 6.54 Å². The van der Waals surface area contributed by atoms with Gasteiger partial charge in [-0.15, -0.1) is 0 Å². The van der Waals surface area contributed by atoms with E-state index >= 15 is 0 Å². The molecule has 0 amide bonds. The molecule has 0 fully saturated rings. The van der Waals surface area contributed by atoms with Crippen LogP contribution in [0.5, 0.6) is 5.75 Å². The number of aromatic nitrogens is 4. The van der Waals surface area contributed by atoms with Gasteiger partial charge in [0.2, 0.25) is 0 Å². The molecule has 0 aliphatic carbocycles. The van der Waals surface area contributed by atoms with E-state index in [1.54, 1.807) is 17.9 Å². The summed E-state index contributed by atoms with van der Waals surface area (Å²) >= 11 is 0. The molecule has 5 rings (SSSR count). The van der Waals surface area contributed by atoms with E-state index in [2.05, 4.69) is 15.1 Å². The van der Waals surface area contributed by atoms with Gasteiger partial charge in [0.05, 0.1) is 47.7 Å². The number of methoxy groups -OCH3 is 1. The molecule has 152 valence electrons. The van der Waals surface area contributed by atoms with E-state index in [1.165, 1.54) is 0 Å². The van der Waals surface area contributed by atoms with Crippen molar-refractivity contribution in [2.24, 2.45) is 0 Å². The Morgan fingerprint density at radius 3 is 2.70 bits per heavy atom. The number of pyridine rings is 1. The van der Waals surface area contributed by atoms with Gasteiger partial charge in [-0.05, 0) is 45.0 Å². The predicted octanol–water partition coefficient (Wildman–Crippen LogP) is 4.11. The highest BCUT2D eigenvalue weighted by atomic mass is 16.5. The van der Waals surface area contributed by atoms with Crippen LogP contribution in [0.3, 0.4) is 0 Å². The second-order valence-electron chi connectivity index (χ2n) is 7.32. The minimum atomic E-state index is -0.220. The molecule has 0 atom stereocenters. The SMILES string of the molecule is COc1cc2c(cc1-c1c(C)noc1C)ncc1[nH]c(=O)n(Cc3ccc(C)o3)c12. The summed E-state index contributed by atoms with van der Waals surface area (Å²) in [7, 11) is 1.62. The molecule has 0 unspecified atom stereocenters. The summed E-state index contributed by atoms with van der Waals surface area (Å²) in [5, 5.41) is 4.86. The third-order valence-electron chi connectivity index (χ3n) is 5.33. The molecule has 4 aromatic heterocycles. The third kappa shape index (κ3) is 2.72. The minimum Gasteiger partial charge on any atom is -0.496 e. The highest BCUT2D eigenvalue weighted by molar-refractivity contribution is 6.04. The van der Waals surface area contributed by atoms with E-state index in [1.807, 2.05) is 45.0 Å². The number of hydrogen-bond donors (Lipinski definition) is 1. The molecule has 0 saturated carbocycles. The number of imidazole rings is 1. The van der Waals surface area contributed by atoms with Crippen LogP contribution >= 0.6 is 0 Å². The zero-order valence-corrected chi connectivity index (χ0v) is 17.1. The number of rotatable bonds is 4. The van der Waals surface area contributed by atoms with Crippen LogP contribution in [0.4, 0.5) is 0 Å². The van der Waals surface area contributed by atoms with E-state index in [9.17, 15) is 4.79 Å². The van der Waals surface area contributed by atoms with Crippen LogP contribution in [-0.4, -0.2) is 26.8 Å². The van der Waals surface area contributed by atoms with E-state index < -0.39 is 0 Å². The molecule has 1 aromatic carbocycles. The fraction of sp³-hybridized carbons (Fsp3) is 0.227. The van der Waals surface area contributed by atoms with E-state index in [-0.39, 0.29) is 5.69 Å². The molecule has 0 radical (unpaired) electrons. The van der Waals surface area contributed by atoms with Crippen molar-refractivity contribution in [1.82, 2.24) is 19.7 Å². The Morgan fingerprint density at radius 2 is 2.03 bits per heavy atom. The summed E-state index contributed by atoms with van der Waals surface area (Å²) in [5.74, 6) is 2.87. The number of nitrogens with one attached hydrogen (secondary N) is 1. The lowest BCUT2D eigenvalue weighted by Crippen LogP contribution is -2.17. The number of fused-ring (bicyclic) bond motifs is 3. The summed E-state index contributed by atoms with van der Waals surface area (Å²) in [6.45, 7) is 5.95. The van der Waals surface area contributed by atoms with Gasteiger partial charge in [-0.2, -0.15) is 0 Å². The fourth-order valence-electron chi connectivity index (χ4n) is 3.98. The van der Waals surface area contributed by atoms with E-state index in [0.717, 1.165) is 39.0 Å². The predicted molar refractivity (Wildman–Crippen MR) is 112 cm³/mol. The molecule has 8 nitrogen and oxygen atoms in total. The van der Waals surface area contributed by atoms with Crippen molar-refractivity contribution in [2.75, 3.05) is 7.11 Å². The number of aromatic amines is 1. The van der Waals surface area contributed by atoms with Crippen LogP contribution in [0.15, 0.2) is 44.2 Å². The summed E-state index contributed by atoms with van der Waals surface area (Å²) in [5.41, 5.74) is 4.43. The maximum atomic E-state index is 12.7. The van der Waals surface area contributed by atoms with E-state index in [0.29, 0.717) is 29.3 Å². The van der Waals surface area contributed by atoms with Gasteiger partial charge in [-0.25, -0.2) is 4.79 Å². The number of aryl methyl sites for hydroxylation is 3. The molecular formula is C22H20N4O4. The first-order chi connectivity index (χ1) is 14.5. The zero-order valence-electron chi connectivity index (χ0n) is 17.1. The van der Waals surface area contributed by atoms with Crippen molar-refractivity contribution < 1.29 is 13.7 Å². The largest absolute Gasteiger partial charge is 0.496 e. The molecule has 8 heteroatoms. The summed E-state index contributed by atoms with van der Waals surface area (Å²) < 4.78 is 18.4. The fourth-order valence-corrected chi connectivity index (χ4v) is 3.98. The smallest absolute Gasteiger partial charge is 0.326 e. The Morgan fingerprint density at radius 1 is 1.20 bits per heavy atom. The standard InChI is InChI=1S/C22H20N4O4/c1-11-5-6-14(29-11)10-26-21-15-8-19(28-4)16(20-12(2)25-30-13(20)3)7-17(15)23-9-18(21)24-22(26)27/h5-9H,10H2,1-4H3,(H,24,27). The quantitative estimate of drug-likeness (QED) is 0.484. The molecule has 4 heterocycles. The molecule has 0 aliphatic heterocycles. The second kappa shape index (κ2) is 6.62. The van der Waals surface area contributed by atoms with Crippen molar-refractivity contribution >= 4 is 21.9 Å². The molecular weight excluding hydrogens is 384 g/mol. The summed E-state index contributed by atoms with van der Waals surface area (Å²) in [6.07, 6.45) is 1.67. The van der Waals surface area contributed by atoms with Gasteiger partial charge in [-0.3, -0.25) is 9.55 Å². The van der Waals surface area contributed by atoms with Gasteiger partial charge in [-0.1, -0.05) is 5.16 Å². The van der Waals surface area contributed by atoms with Gasteiger partial charge in [0.15, 0.2) is 0 Å². The lowest BCUT2D eigenvalue weighted by molar-refractivity contribution is 0.393. The molecule has 0 spiro atoms. The Hall–Kier alpha value is -3.81. The topological polar surface area (TPSA) is 99.1 Å². The molecule has 30 heavy (non-hydrogen) atoms. The van der Waals surface area contributed by atoms with Crippen molar-refractivity contribution in [3.63, 3.8) is 0 Å². The first-order valence-corrected chi connectivity index (χ1v) is 9.54. The van der Waals surface area contributed by atoms with Crippen LogP contribution in [0.1, 0.15) is 23.0 Å². The van der Waals surface area contributed by atoms with Crippen molar-refractivity contribution in [3.05, 3.63) is 63.9 Å². The number of ether oxygens (including phenoxy) is 1.